The molecule has 1 amide bonds. The van der Waals surface area contributed by atoms with Gasteiger partial charge in [0, 0.05) is 13.6 Å². The van der Waals surface area contributed by atoms with E-state index in [-0.39, 0.29) is 11.7 Å². The van der Waals surface area contributed by atoms with Gasteiger partial charge in [-0.3, -0.25) is 4.79 Å². The number of carbonyl (C=O) groups excluding carboxylic acids is 1. The minimum atomic E-state index is -0.407. The molecule has 1 aliphatic rings. The summed E-state index contributed by atoms with van der Waals surface area (Å²) in [4.78, 5) is 14.5. The molecule has 1 aromatic rings. The Balaban J connectivity index is 2.10. The summed E-state index contributed by atoms with van der Waals surface area (Å²) < 4.78 is 5.10. The maximum absolute atomic E-state index is 12.7. The number of benzene rings is 1. The molecule has 0 aromatic heterocycles. The van der Waals surface area contributed by atoms with Crippen LogP contribution in [-0.4, -0.2) is 42.2 Å². The Bertz CT molecular complexity index is 510. The predicted molar refractivity (Wildman–Crippen MR) is 81.4 cm³/mol. The fourth-order valence-electron chi connectivity index (χ4n) is 2.97. The number of hydrogen-bond acceptors (Lipinski definition) is 4. The van der Waals surface area contributed by atoms with Gasteiger partial charge in [-0.1, -0.05) is 13.0 Å². The zero-order valence-electron chi connectivity index (χ0n) is 13.0. The van der Waals surface area contributed by atoms with Crippen molar-refractivity contribution < 1.29 is 14.6 Å². The lowest BCUT2D eigenvalue weighted by molar-refractivity contribution is -0.137. The van der Waals surface area contributed by atoms with Gasteiger partial charge in [0.05, 0.1) is 12.6 Å². The van der Waals surface area contributed by atoms with Crippen molar-refractivity contribution in [2.24, 2.45) is 0 Å². The third kappa shape index (κ3) is 3.13. The molecule has 1 fully saturated rings. The Labute approximate surface area is 125 Å². The topological polar surface area (TPSA) is 61.8 Å². The first-order chi connectivity index (χ1) is 10.0. The molecule has 1 atom stereocenters. The Hall–Kier alpha value is -1.75. The van der Waals surface area contributed by atoms with Gasteiger partial charge in [-0.05, 0) is 43.5 Å². The number of rotatable bonds is 5. The SMILES string of the molecule is CCC1(C(=O)N(C)Cc2ccc(O)c(OC)c2)CCCN1. The van der Waals surface area contributed by atoms with Gasteiger partial charge in [0.15, 0.2) is 11.5 Å². The molecular weight excluding hydrogens is 268 g/mol. The normalized spacial score (nSPS) is 21.3. The van der Waals surface area contributed by atoms with Crippen molar-refractivity contribution in [2.45, 2.75) is 38.3 Å². The van der Waals surface area contributed by atoms with E-state index in [4.69, 9.17) is 4.74 Å². The molecule has 5 nitrogen and oxygen atoms in total. The highest BCUT2D eigenvalue weighted by Gasteiger charge is 2.40. The zero-order chi connectivity index (χ0) is 15.5. The van der Waals surface area contributed by atoms with Crippen LogP contribution < -0.4 is 10.1 Å². The molecule has 5 heteroatoms. The lowest BCUT2D eigenvalue weighted by atomic mass is 9.92. The number of aromatic hydroxyl groups is 1. The Morgan fingerprint density at radius 3 is 2.86 bits per heavy atom. The maximum atomic E-state index is 12.7. The number of carbonyl (C=O) groups is 1. The van der Waals surface area contributed by atoms with Crippen molar-refractivity contribution >= 4 is 5.91 Å². The van der Waals surface area contributed by atoms with E-state index in [1.165, 1.54) is 7.11 Å². The highest BCUT2D eigenvalue weighted by Crippen LogP contribution is 2.28. The first-order valence-corrected chi connectivity index (χ1v) is 7.39. The minimum Gasteiger partial charge on any atom is -0.504 e. The number of nitrogens with zero attached hydrogens (tertiary/aromatic N) is 1. The molecule has 1 aliphatic heterocycles. The lowest BCUT2D eigenvalue weighted by Crippen LogP contribution is -2.53. The molecule has 1 aromatic carbocycles. The third-order valence-corrected chi connectivity index (χ3v) is 4.27. The average Bonchev–Trinajstić information content (AvgIpc) is 2.98. The van der Waals surface area contributed by atoms with Crippen LogP contribution in [-0.2, 0) is 11.3 Å². The average molecular weight is 292 g/mol. The van der Waals surface area contributed by atoms with E-state index >= 15 is 0 Å². The molecule has 2 N–H and O–H groups in total. The number of phenolic OH excluding ortho intramolecular Hbond substituents is 1. The number of ether oxygens (including phenoxy) is 1. The lowest BCUT2D eigenvalue weighted by Gasteiger charge is -2.32. The van der Waals surface area contributed by atoms with Crippen LogP contribution in [0.5, 0.6) is 11.5 Å². The molecule has 1 unspecified atom stereocenters. The summed E-state index contributed by atoms with van der Waals surface area (Å²) in [5.41, 5.74) is 0.528. The van der Waals surface area contributed by atoms with Crippen molar-refractivity contribution in [1.29, 1.82) is 0 Å². The molecule has 0 aliphatic carbocycles. The molecule has 116 valence electrons. The van der Waals surface area contributed by atoms with E-state index in [0.717, 1.165) is 31.4 Å². The molecule has 0 bridgehead atoms. The second-order valence-electron chi connectivity index (χ2n) is 5.63. The molecule has 1 heterocycles. The van der Waals surface area contributed by atoms with Gasteiger partial charge in [0.1, 0.15) is 0 Å². The van der Waals surface area contributed by atoms with Crippen LogP contribution in [0.4, 0.5) is 0 Å². The van der Waals surface area contributed by atoms with Gasteiger partial charge >= 0.3 is 0 Å². The van der Waals surface area contributed by atoms with E-state index in [1.54, 1.807) is 17.0 Å². The first kappa shape index (κ1) is 15.6. The second kappa shape index (κ2) is 6.35. The Morgan fingerprint density at radius 1 is 1.52 bits per heavy atom. The monoisotopic (exact) mass is 292 g/mol. The van der Waals surface area contributed by atoms with Gasteiger partial charge in [0.2, 0.25) is 5.91 Å². The fraction of sp³-hybridized carbons (Fsp3) is 0.562. The highest BCUT2D eigenvalue weighted by atomic mass is 16.5. The number of likely N-dealkylation sites (N-methyl/N-ethyl adjacent to an activating group) is 1. The summed E-state index contributed by atoms with van der Waals surface area (Å²) in [7, 11) is 3.33. The fourth-order valence-corrected chi connectivity index (χ4v) is 2.97. The van der Waals surface area contributed by atoms with Gasteiger partial charge in [0.25, 0.3) is 0 Å². The van der Waals surface area contributed by atoms with Crippen molar-refractivity contribution in [3.8, 4) is 11.5 Å². The first-order valence-electron chi connectivity index (χ1n) is 7.39. The molecule has 21 heavy (non-hydrogen) atoms. The summed E-state index contributed by atoms with van der Waals surface area (Å²) in [6, 6.07) is 5.16. The van der Waals surface area contributed by atoms with E-state index in [0.29, 0.717) is 12.3 Å². The summed E-state index contributed by atoms with van der Waals surface area (Å²) >= 11 is 0. The van der Waals surface area contributed by atoms with Crippen LogP contribution in [0.3, 0.4) is 0 Å². The predicted octanol–water partition coefficient (Wildman–Crippen LogP) is 1.89. The largest absolute Gasteiger partial charge is 0.504 e. The Morgan fingerprint density at radius 2 is 2.29 bits per heavy atom. The van der Waals surface area contributed by atoms with Crippen LogP contribution in [0.2, 0.25) is 0 Å². The van der Waals surface area contributed by atoms with Gasteiger partial charge in [-0.15, -0.1) is 0 Å². The molecule has 2 rings (SSSR count). The Kier molecular flexibility index (Phi) is 4.73. The molecular formula is C16H24N2O3. The number of nitrogens with one attached hydrogen (secondary N) is 1. The van der Waals surface area contributed by atoms with Crippen LogP contribution in [0.1, 0.15) is 31.7 Å². The summed E-state index contributed by atoms with van der Waals surface area (Å²) in [5.74, 6) is 0.671. The number of amides is 1. The van der Waals surface area contributed by atoms with Gasteiger partial charge < -0.3 is 20.1 Å². The molecule has 0 radical (unpaired) electrons. The van der Waals surface area contributed by atoms with Gasteiger partial charge in [-0.25, -0.2) is 0 Å². The second-order valence-corrected chi connectivity index (χ2v) is 5.63. The van der Waals surface area contributed by atoms with Crippen LogP contribution in [0, 0.1) is 0 Å². The zero-order valence-corrected chi connectivity index (χ0v) is 13.0. The van der Waals surface area contributed by atoms with Crippen molar-refractivity contribution in [3.05, 3.63) is 23.8 Å². The van der Waals surface area contributed by atoms with Crippen molar-refractivity contribution in [1.82, 2.24) is 10.2 Å². The number of hydrogen-bond donors (Lipinski definition) is 2. The smallest absolute Gasteiger partial charge is 0.242 e. The summed E-state index contributed by atoms with van der Waals surface area (Å²) in [6.07, 6.45) is 2.74. The van der Waals surface area contributed by atoms with Gasteiger partial charge in [-0.2, -0.15) is 0 Å². The van der Waals surface area contributed by atoms with Crippen LogP contribution in [0.25, 0.3) is 0 Å². The molecule has 0 spiro atoms. The van der Waals surface area contributed by atoms with E-state index in [2.05, 4.69) is 5.32 Å². The quantitative estimate of drug-likeness (QED) is 0.870. The van der Waals surface area contributed by atoms with E-state index < -0.39 is 5.54 Å². The summed E-state index contributed by atoms with van der Waals surface area (Å²) in [6.45, 7) is 3.45. The number of phenols is 1. The minimum absolute atomic E-state index is 0.109. The molecule has 1 saturated heterocycles. The third-order valence-electron chi connectivity index (χ3n) is 4.27. The van der Waals surface area contributed by atoms with E-state index in [1.807, 2.05) is 20.0 Å². The van der Waals surface area contributed by atoms with Crippen molar-refractivity contribution in [3.63, 3.8) is 0 Å². The number of methoxy groups -OCH3 is 1. The van der Waals surface area contributed by atoms with Crippen molar-refractivity contribution in [2.75, 3.05) is 20.7 Å². The van der Waals surface area contributed by atoms with E-state index in [9.17, 15) is 9.90 Å². The standard InChI is InChI=1S/C16H24N2O3/c1-4-16(8-5-9-17-16)15(20)18(2)11-12-6-7-13(19)14(10-12)21-3/h6-7,10,17,19H,4-5,8-9,11H2,1-3H3. The highest BCUT2D eigenvalue weighted by molar-refractivity contribution is 5.86. The summed E-state index contributed by atoms with van der Waals surface area (Å²) in [5, 5.41) is 13.0. The maximum Gasteiger partial charge on any atom is 0.242 e. The molecule has 0 saturated carbocycles. The van der Waals surface area contributed by atoms with Crippen LogP contribution >= 0.6 is 0 Å². The van der Waals surface area contributed by atoms with Crippen LogP contribution in [0.15, 0.2) is 18.2 Å².